The zero-order valence-electron chi connectivity index (χ0n) is 10.7. The minimum absolute atomic E-state index is 0.126. The fourth-order valence-electron chi connectivity index (χ4n) is 1.65. The van der Waals surface area contributed by atoms with E-state index < -0.39 is 0 Å². The summed E-state index contributed by atoms with van der Waals surface area (Å²) in [6.45, 7) is 9.26. The molecule has 2 unspecified atom stereocenters. The number of benzene rings is 1. The van der Waals surface area contributed by atoms with Crippen molar-refractivity contribution in [1.29, 1.82) is 0 Å². The van der Waals surface area contributed by atoms with E-state index >= 15 is 0 Å². The number of nitrogens with one attached hydrogen (secondary N) is 1. The lowest BCUT2D eigenvalue weighted by Crippen LogP contribution is -2.31. The van der Waals surface area contributed by atoms with E-state index in [2.05, 4.69) is 26.1 Å². The van der Waals surface area contributed by atoms with E-state index in [-0.39, 0.29) is 5.82 Å². The highest BCUT2D eigenvalue weighted by Gasteiger charge is 2.09. The van der Waals surface area contributed by atoms with Crippen LogP contribution in [0.25, 0.3) is 0 Å². The Labute approximate surface area is 98.1 Å². The first-order valence-corrected chi connectivity index (χ1v) is 6.03. The van der Waals surface area contributed by atoms with Crippen LogP contribution in [0.4, 0.5) is 4.39 Å². The van der Waals surface area contributed by atoms with Gasteiger partial charge in [-0.3, -0.25) is 0 Å². The Morgan fingerprint density at radius 3 is 2.56 bits per heavy atom. The first kappa shape index (κ1) is 13.2. The summed E-state index contributed by atoms with van der Waals surface area (Å²) in [6.07, 6.45) is 1.18. The Kier molecular flexibility index (Phi) is 4.94. The number of aryl methyl sites for hydroxylation is 1. The molecule has 16 heavy (non-hydrogen) atoms. The summed E-state index contributed by atoms with van der Waals surface area (Å²) in [5, 5.41) is 3.47. The third-order valence-electron chi connectivity index (χ3n) is 3.35. The highest BCUT2D eigenvalue weighted by atomic mass is 19.1. The van der Waals surface area contributed by atoms with E-state index in [1.807, 2.05) is 12.1 Å². The van der Waals surface area contributed by atoms with Crippen LogP contribution >= 0.6 is 0 Å². The third-order valence-corrected chi connectivity index (χ3v) is 3.35. The Morgan fingerprint density at radius 1 is 1.31 bits per heavy atom. The van der Waals surface area contributed by atoms with E-state index in [0.29, 0.717) is 12.0 Å². The molecule has 2 heteroatoms. The van der Waals surface area contributed by atoms with Crippen molar-refractivity contribution in [1.82, 2.24) is 5.32 Å². The molecule has 2 atom stereocenters. The highest BCUT2D eigenvalue weighted by molar-refractivity contribution is 5.23. The normalized spacial score (nSPS) is 14.8. The van der Waals surface area contributed by atoms with Crippen molar-refractivity contribution in [3.63, 3.8) is 0 Å². The van der Waals surface area contributed by atoms with Crippen LogP contribution in [0.5, 0.6) is 0 Å². The summed E-state index contributed by atoms with van der Waals surface area (Å²) in [4.78, 5) is 0. The highest BCUT2D eigenvalue weighted by Crippen LogP contribution is 2.11. The largest absolute Gasteiger partial charge is 0.310 e. The zero-order valence-corrected chi connectivity index (χ0v) is 10.7. The number of hydrogen-bond donors (Lipinski definition) is 1. The predicted octanol–water partition coefficient (Wildman–Crippen LogP) is 3.66. The van der Waals surface area contributed by atoms with Gasteiger partial charge in [0, 0.05) is 12.6 Å². The second kappa shape index (κ2) is 6.00. The minimum Gasteiger partial charge on any atom is -0.310 e. The number of hydrogen-bond acceptors (Lipinski definition) is 1. The Bertz CT molecular complexity index is 336. The molecular formula is C14H22FN. The topological polar surface area (TPSA) is 12.0 Å². The van der Waals surface area contributed by atoms with E-state index in [9.17, 15) is 4.39 Å². The van der Waals surface area contributed by atoms with Crippen LogP contribution in [0.2, 0.25) is 0 Å². The van der Waals surface area contributed by atoms with Gasteiger partial charge in [0.15, 0.2) is 0 Å². The molecule has 0 bridgehead atoms. The molecule has 0 saturated carbocycles. The molecule has 1 rings (SSSR count). The molecule has 0 aliphatic heterocycles. The molecule has 1 aromatic rings. The number of rotatable bonds is 5. The van der Waals surface area contributed by atoms with Crippen molar-refractivity contribution in [3.8, 4) is 0 Å². The van der Waals surface area contributed by atoms with E-state index in [1.165, 1.54) is 6.42 Å². The van der Waals surface area contributed by atoms with Gasteiger partial charge in [-0.05, 0) is 37.0 Å². The van der Waals surface area contributed by atoms with Crippen LogP contribution in [0.3, 0.4) is 0 Å². The van der Waals surface area contributed by atoms with Gasteiger partial charge in [-0.15, -0.1) is 0 Å². The van der Waals surface area contributed by atoms with Crippen molar-refractivity contribution in [2.75, 3.05) is 0 Å². The van der Waals surface area contributed by atoms with Crippen molar-refractivity contribution in [2.24, 2.45) is 5.92 Å². The average molecular weight is 223 g/mol. The van der Waals surface area contributed by atoms with Gasteiger partial charge in [0.05, 0.1) is 0 Å². The van der Waals surface area contributed by atoms with E-state index in [0.717, 1.165) is 17.7 Å². The summed E-state index contributed by atoms with van der Waals surface area (Å²) >= 11 is 0. The maximum Gasteiger partial charge on any atom is 0.126 e. The Hall–Kier alpha value is -0.890. The molecule has 90 valence electrons. The lowest BCUT2D eigenvalue weighted by atomic mass is 10.0. The second-order valence-corrected chi connectivity index (χ2v) is 4.64. The third kappa shape index (κ3) is 3.60. The molecule has 0 amide bonds. The fourth-order valence-corrected chi connectivity index (χ4v) is 1.65. The first-order valence-electron chi connectivity index (χ1n) is 6.03. The SMILES string of the molecule is CCC(C)C(C)NCc1ccc(F)c(C)c1. The molecule has 0 aliphatic carbocycles. The summed E-state index contributed by atoms with van der Waals surface area (Å²) in [5.41, 5.74) is 1.87. The van der Waals surface area contributed by atoms with Gasteiger partial charge < -0.3 is 5.32 Å². The van der Waals surface area contributed by atoms with Crippen LogP contribution < -0.4 is 5.32 Å². The van der Waals surface area contributed by atoms with Gasteiger partial charge in [-0.2, -0.15) is 0 Å². The summed E-state index contributed by atoms with van der Waals surface area (Å²) in [6, 6.07) is 5.79. The smallest absolute Gasteiger partial charge is 0.126 e. The molecule has 1 nitrogen and oxygen atoms in total. The molecule has 0 radical (unpaired) electrons. The molecular weight excluding hydrogens is 201 g/mol. The first-order chi connectivity index (χ1) is 7.54. The van der Waals surface area contributed by atoms with Gasteiger partial charge in [0.2, 0.25) is 0 Å². The lowest BCUT2D eigenvalue weighted by molar-refractivity contribution is 0.389. The predicted molar refractivity (Wildman–Crippen MR) is 66.9 cm³/mol. The summed E-state index contributed by atoms with van der Waals surface area (Å²) in [7, 11) is 0. The fraction of sp³-hybridized carbons (Fsp3) is 0.571. The molecule has 0 aromatic heterocycles. The van der Waals surface area contributed by atoms with Crippen LogP contribution in [0, 0.1) is 18.7 Å². The Balaban J connectivity index is 2.51. The standard InChI is InChI=1S/C14H22FN/c1-5-10(2)12(4)16-9-13-6-7-14(15)11(3)8-13/h6-8,10,12,16H,5,9H2,1-4H3. The van der Waals surface area contributed by atoms with E-state index in [1.54, 1.807) is 13.0 Å². The van der Waals surface area contributed by atoms with Crippen LogP contribution in [-0.2, 0) is 6.54 Å². The minimum atomic E-state index is -0.126. The lowest BCUT2D eigenvalue weighted by Gasteiger charge is -2.20. The Morgan fingerprint density at radius 2 is 2.00 bits per heavy atom. The van der Waals surface area contributed by atoms with Crippen molar-refractivity contribution < 1.29 is 4.39 Å². The van der Waals surface area contributed by atoms with Gasteiger partial charge in [0.25, 0.3) is 0 Å². The quantitative estimate of drug-likeness (QED) is 0.803. The van der Waals surface area contributed by atoms with Crippen LogP contribution in [0.15, 0.2) is 18.2 Å². The average Bonchev–Trinajstić information content (AvgIpc) is 2.29. The summed E-state index contributed by atoms with van der Waals surface area (Å²) < 4.78 is 13.1. The van der Waals surface area contributed by atoms with Crippen LogP contribution in [0.1, 0.15) is 38.3 Å². The second-order valence-electron chi connectivity index (χ2n) is 4.64. The van der Waals surface area contributed by atoms with Crippen molar-refractivity contribution in [3.05, 3.63) is 35.1 Å². The summed E-state index contributed by atoms with van der Waals surface area (Å²) in [5.74, 6) is 0.542. The maximum absolute atomic E-state index is 13.1. The maximum atomic E-state index is 13.1. The molecule has 1 N–H and O–H groups in total. The molecule has 0 heterocycles. The zero-order chi connectivity index (χ0) is 12.1. The number of halogens is 1. The molecule has 0 fully saturated rings. The van der Waals surface area contributed by atoms with Crippen LogP contribution in [-0.4, -0.2) is 6.04 Å². The van der Waals surface area contributed by atoms with Gasteiger partial charge >= 0.3 is 0 Å². The van der Waals surface area contributed by atoms with Gasteiger partial charge in [-0.1, -0.05) is 32.4 Å². The molecule has 0 spiro atoms. The molecule has 0 aliphatic rings. The van der Waals surface area contributed by atoms with Gasteiger partial charge in [-0.25, -0.2) is 4.39 Å². The van der Waals surface area contributed by atoms with Gasteiger partial charge in [0.1, 0.15) is 5.82 Å². The van der Waals surface area contributed by atoms with Crippen molar-refractivity contribution >= 4 is 0 Å². The van der Waals surface area contributed by atoms with Crippen molar-refractivity contribution in [2.45, 2.75) is 46.7 Å². The monoisotopic (exact) mass is 223 g/mol. The molecule has 0 saturated heterocycles. The van der Waals surface area contributed by atoms with E-state index in [4.69, 9.17) is 0 Å². The molecule has 1 aromatic carbocycles.